The predicted molar refractivity (Wildman–Crippen MR) is 87.4 cm³/mol. The third-order valence-electron chi connectivity index (χ3n) is 4.12. The van der Waals surface area contributed by atoms with Gasteiger partial charge in [0.1, 0.15) is 0 Å². The van der Waals surface area contributed by atoms with Crippen molar-refractivity contribution in [1.29, 1.82) is 0 Å². The van der Waals surface area contributed by atoms with Crippen molar-refractivity contribution < 1.29 is 5.11 Å². The molecule has 0 saturated heterocycles. The molecular formula is C18H26N2O. The number of hydrogen-bond donors (Lipinski definition) is 2. The molecule has 3 nitrogen and oxygen atoms in total. The molecule has 1 aromatic heterocycles. The Bertz CT molecular complexity index is 560. The van der Waals surface area contributed by atoms with E-state index in [1.807, 2.05) is 18.2 Å². The summed E-state index contributed by atoms with van der Waals surface area (Å²) in [7, 11) is 0. The second kappa shape index (κ2) is 7.43. The summed E-state index contributed by atoms with van der Waals surface area (Å²) < 4.78 is 2.32. The first kappa shape index (κ1) is 15.8. The van der Waals surface area contributed by atoms with E-state index < -0.39 is 0 Å². The lowest BCUT2D eigenvalue weighted by atomic mass is 10.1. The zero-order chi connectivity index (χ0) is 15.2. The molecule has 0 fully saturated rings. The number of aromatic nitrogens is 1. The van der Waals surface area contributed by atoms with E-state index in [2.05, 4.69) is 48.9 Å². The first-order valence-corrected chi connectivity index (χ1v) is 7.69. The molecule has 0 aliphatic carbocycles. The minimum atomic E-state index is 0.0945. The Morgan fingerprint density at radius 2 is 1.90 bits per heavy atom. The summed E-state index contributed by atoms with van der Waals surface area (Å²) in [5.41, 5.74) is 5.19. The fourth-order valence-corrected chi connectivity index (χ4v) is 2.89. The average Bonchev–Trinajstić information content (AvgIpc) is 2.78. The van der Waals surface area contributed by atoms with Crippen LogP contribution >= 0.6 is 0 Å². The van der Waals surface area contributed by atoms with E-state index in [1.54, 1.807) is 0 Å². The van der Waals surface area contributed by atoms with Crippen molar-refractivity contribution in [2.45, 2.75) is 46.3 Å². The highest BCUT2D eigenvalue weighted by Gasteiger charge is 2.11. The minimum absolute atomic E-state index is 0.0945. The van der Waals surface area contributed by atoms with Crippen molar-refractivity contribution in [2.75, 3.05) is 6.61 Å². The molecule has 114 valence electrons. The van der Waals surface area contributed by atoms with Crippen LogP contribution in [0.5, 0.6) is 0 Å². The maximum Gasteiger partial charge on any atom is 0.0587 e. The molecule has 1 atom stereocenters. The molecule has 3 heteroatoms. The molecule has 1 aromatic carbocycles. The third kappa shape index (κ3) is 3.96. The van der Waals surface area contributed by atoms with Gasteiger partial charge >= 0.3 is 0 Å². The summed E-state index contributed by atoms with van der Waals surface area (Å²) in [4.78, 5) is 0. The van der Waals surface area contributed by atoms with E-state index in [1.165, 1.54) is 22.5 Å². The fraction of sp³-hybridized carbons (Fsp3) is 0.444. The van der Waals surface area contributed by atoms with Crippen molar-refractivity contribution in [1.82, 2.24) is 9.88 Å². The van der Waals surface area contributed by atoms with Crippen LogP contribution in [0.3, 0.4) is 0 Å². The summed E-state index contributed by atoms with van der Waals surface area (Å²) in [5.74, 6) is 0. The Morgan fingerprint density at radius 1 is 1.19 bits per heavy atom. The number of aryl methyl sites for hydroxylation is 1. The van der Waals surface area contributed by atoms with Gasteiger partial charge in [-0.25, -0.2) is 0 Å². The molecule has 21 heavy (non-hydrogen) atoms. The zero-order valence-electron chi connectivity index (χ0n) is 13.3. The lowest BCUT2D eigenvalue weighted by Gasteiger charge is -2.16. The molecule has 0 bridgehead atoms. The number of rotatable bonds is 7. The Balaban J connectivity index is 1.97. The summed E-state index contributed by atoms with van der Waals surface area (Å²) in [5, 5.41) is 13.0. The summed E-state index contributed by atoms with van der Waals surface area (Å²) in [6.45, 7) is 8.44. The molecule has 0 saturated carbocycles. The van der Waals surface area contributed by atoms with Gasteiger partial charge in [-0.2, -0.15) is 0 Å². The van der Waals surface area contributed by atoms with E-state index in [0.29, 0.717) is 0 Å². The van der Waals surface area contributed by atoms with Crippen LogP contribution < -0.4 is 5.32 Å². The number of nitrogens with zero attached hydrogens (tertiary/aromatic N) is 1. The molecule has 0 aliphatic rings. The van der Waals surface area contributed by atoms with Gasteiger partial charge in [0, 0.05) is 30.5 Å². The van der Waals surface area contributed by atoms with E-state index in [0.717, 1.165) is 19.5 Å². The highest BCUT2D eigenvalue weighted by molar-refractivity contribution is 5.26. The minimum Gasteiger partial charge on any atom is -0.395 e. The molecule has 0 amide bonds. The molecule has 0 spiro atoms. The van der Waals surface area contributed by atoms with E-state index in [-0.39, 0.29) is 12.6 Å². The van der Waals surface area contributed by atoms with Crippen molar-refractivity contribution in [3.8, 4) is 0 Å². The Kier molecular flexibility index (Phi) is 5.59. The molecule has 2 aromatic rings. The maximum absolute atomic E-state index is 9.57. The Morgan fingerprint density at radius 3 is 2.48 bits per heavy atom. The second-order valence-electron chi connectivity index (χ2n) is 5.59. The van der Waals surface area contributed by atoms with Gasteiger partial charge in [0.2, 0.25) is 0 Å². The fourth-order valence-electron chi connectivity index (χ4n) is 2.89. The van der Waals surface area contributed by atoms with E-state index in [4.69, 9.17) is 0 Å². The summed E-state index contributed by atoms with van der Waals surface area (Å²) in [6.07, 6.45) is 0.851. The van der Waals surface area contributed by atoms with Gasteiger partial charge in [-0.15, -0.1) is 0 Å². The molecule has 1 unspecified atom stereocenters. The standard InChI is InChI=1S/C18H26N2O/c1-4-20-14(2)10-17(15(20)3)12-19-18(13-21)11-16-8-6-5-7-9-16/h5-10,18-19,21H,4,11-13H2,1-3H3. The van der Waals surface area contributed by atoms with Gasteiger partial charge in [-0.3, -0.25) is 0 Å². The van der Waals surface area contributed by atoms with Gasteiger partial charge in [0.05, 0.1) is 6.61 Å². The summed E-state index contributed by atoms with van der Waals surface area (Å²) in [6, 6.07) is 12.6. The van der Waals surface area contributed by atoms with Crippen LogP contribution in [-0.2, 0) is 19.5 Å². The number of benzene rings is 1. The number of aliphatic hydroxyl groups excluding tert-OH is 1. The van der Waals surface area contributed by atoms with E-state index >= 15 is 0 Å². The highest BCUT2D eigenvalue weighted by atomic mass is 16.3. The van der Waals surface area contributed by atoms with Crippen molar-refractivity contribution >= 4 is 0 Å². The van der Waals surface area contributed by atoms with Crippen LogP contribution in [0.1, 0.15) is 29.4 Å². The normalized spacial score (nSPS) is 12.6. The van der Waals surface area contributed by atoms with Crippen LogP contribution in [-0.4, -0.2) is 22.3 Å². The van der Waals surface area contributed by atoms with Gasteiger partial charge < -0.3 is 15.0 Å². The molecular weight excluding hydrogens is 260 g/mol. The quantitative estimate of drug-likeness (QED) is 0.821. The number of aliphatic hydroxyl groups is 1. The Labute approximate surface area is 127 Å². The largest absolute Gasteiger partial charge is 0.395 e. The van der Waals surface area contributed by atoms with Crippen LogP contribution in [0.4, 0.5) is 0 Å². The van der Waals surface area contributed by atoms with Crippen molar-refractivity contribution in [3.05, 3.63) is 58.9 Å². The Hall–Kier alpha value is -1.58. The lowest BCUT2D eigenvalue weighted by Crippen LogP contribution is -2.34. The number of nitrogens with one attached hydrogen (secondary N) is 1. The first-order chi connectivity index (χ1) is 10.2. The molecule has 0 radical (unpaired) electrons. The van der Waals surface area contributed by atoms with Crippen molar-refractivity contribution in [3.63, 3.8) is 0 Å². The maximum atomic E-state index is 9.57. The molecule has 1 heterocycles. The van der Waals surface area contributed by atoms with Gasteiger partial charge in [-0.05, 0) is 44.4 Å². The molecule has 0 aliphatic heterocycles. The highest BCUT2D eigenvalue weighted by Crippen LogP contribution is 2.15. The topological polar surface area (TPSA) is 37.2 Å². The van der Waals surface area contributed by atoms with Crippen LogP contribution in [0.25, 0.3) is 0 Å². The average molecular weight is 286 g/mol. The lowest BCUT2D eigenvalue weighted by molar-refractivity contribution is 0.240. The molecule has 2 rings (SSSR count). The van der Waals surface area contributed by atoms with Crippen LogP contribution in [0, 0.1) is 13.8 Å². The zero-order valence-corrected chi connectivity index (χ0v) is 13.3. The second-order valence-corrected chi connectivity index (χ2v) is 5.59. The SMILES string of the molecule is CCn1c(C)cc(CNC(CO)Cc2ccccc2)c1C. The van der Waals surface area contributed by atoms with E-state index in [9.17, 15) is 5.11 Å². The van der Waals surface area contributed by atoms with Crippen LogP contribution in [0.2, 0.25) is 0 Å². The first-order valence-electron chi connectivity index (χ1n) is 7.69. The smallest absolute Gasteiger partial charge is 0.0587 e. The third-order valence-corrected chi connectivity index (χ3v) is 4.12. The predicted octanol–water partition coefficient (Wildman–Crippen LogP) is 2.82. The molecule has 2 N–H and O–H groups in total. The van der Waals surface area contributed by atoms with Gasteiger partial charge in [0.15, 0.2) is 0 Å². The monoisotopic (exact) mass is 286 g/mol. The van der Waals surface area contributed by atoms with Crippen LogP contribution in [0.15, 0.2) is 36.4 Å². The van der Waals surface area contributed by atoms with Gasteiger partial charge in [0.25, 0.3) is 0 Å². The number of hydrogen-bond acceptors (Lipinski definition) is 2. The van der Waals surface area contributed by atoms with Crippen molar-refractivity contribution in [2.24, 2.45) is 0 Å². The summed E-state index contributed by atoms with van der Waals surface area (Å²) >= 11 is 0. The van der Waals surface area contributed by atoms with Gasteiger partial charge in [-0.1, -0.05) is 30.3 Å².